The van der Waals surface area contributed by atoms with E-state index < -0.39 is 6.10 Å². The van der Waals surface area contributed by atoms with Gasteiger partial charge in [-0.05, 0) is 79.4 Å². The lowest BCUT2D eigenvalue weighted by Gasteiger charge is -2.60. The van der Waals surface area contributed by atoms with Crippen LogP contribution in [0.1, 0.15) is 65.2 Å². The molecule has 142 valence electrons. The van der Waals surface area contributed by atoms with E-state index in [1.54, 1.807) is 0 Å². The molecule has 0 aromatic carbocycles. The number of carbonyl (C=O) groups is 1. The SMILES string of the molecule is C[C@]12CC(=O)[C@H]3[C@@H](CC[C@@H]4C[C@H](O)CC[C@@]43C)[C@H]1CC[C@H]2[C@H](O)CO. The Morgan fingerprint density at radius 1 is 1.12 bits per heavy atom. The van der Waals surface area contributed by atoms with Crippen LogP contribution in [0, 0.1) is 40.4 Å². The molecule has 4 nitrogen and oxygen atoms in total. The summed E-state index contributed by atoms with van der Waals surface area (Å²) < 4.78 is 0. The first-order valence-corrected chi connectivity index (χ1v) is 10.3. The van der Waals surface area contributed by atoms with Crippen LogP contribution < -0.4 is 0 Å². The molecular formula is C21H34O4. The Bertz CT molecular complexity index is 548. The van der Waals surface area contributed by atoms with Crippen molar-refractivity contribution in [1.82, 2.24) is 0 Å². The van der Waals surface area contributed by atoms with E-state index in [-0.39, 0.29) is 35.4 Å². The highest BCUT2D eigenvalue weighted by Gasteiger charge is 2.63. The van der Waals surface area contributed by atoms with Gasteiger partial charge in [-0.1, -0.05) is 13.8 Å². The van der Waals surface area contributed by atoms with E-state index >= 15 is 0 Å². The van der Waals surface area contributed by atoms with Gasteiger partial charge in [-0.15, -0.1) is 0 Å². The lowest BCUT2D eigenvalue weighted by molar-refractivity contribution is -0.164. The molecule has 4 saturated carbocycles. The fourth-order valence-electron chi connectivity index (χ4n) is 7.85. The maximum Gasteiger partial charge on any atom is 0.137 e. The van der Waals surface area contributed by atoms with E-state index in [1.807, 2.05) is 0 Å². The smallest absolute Gasteiger partial charge is 0.137 e. The Morgan fingerprint density at radius 2 is 1.88 bits per heavy atom. The molecule has 0 aliphatic heterocycles. The minimum absolute atomic E-state index is 0.0473. The number of aliphatic hydroxyl groups is 3. The lowest BCUT2D eigenvalue weighted by atomic mass is 9.44. The highest BCUT2D eigenvalue weighted by atomic mass is 16.3. The molecule has 0 spiro atoms. The fourth-order valence-corrected chi connectivity index (χ4v) is 7.85. The van der Waals surface area contributed by atoms with Crippen LogP contribution in [0.4, 0.5) is 0 Å². The zero-order chi connectivity index (χ0) is 18.0. The molecule has 4 rings (SSSR count). The molecule has 4 aliphatic carbocycles. The van der Waals surface area contributed by atoms with Gasteiger partial charge in [0.05, 0.1) is 18.8 Å². The van der Waals surface area contributed by atoms with Crippen molar-refractivity contribution in [2.24, 2.45) is 40.4 Å². The zero-order valence-corrected chi connectivity index (χ0v) is 15.7. The van der Waals surface area contributed by atoms with Crippen LogP contribution in [0.3, 0.4) is 0 Å². The topological polar surface area (TPSA) is 77.8 Å². The monoisotopic (exact) mass is 350 g/mol. The van der Waals surface area contributed by atoms with Gasteiger partial charge in [0, 0.05) is 12.3 Å². The number of aliphatic hydroxyl groups excluding tert-OH is 3. The Kier molecular flexibility index (Phi) is 4.33. The third-order valence-electron chi connectivity index (χ3n) is 9.05. The van der Waals surface area contributed by atoms with Crippen molar-refractivity contribution >= 4 is 5.78 Å². The molecule has 0 aromatic rings. The first-order valence-electron chi connectivity index (χ1n) is 10.3. The molecule has 0 saturated heterocycles. The molecule has 0 heterocycles. The van der Waals surface area contributed by atoms with E-state index in [4.69, 9.17) is 0 Å². The van der Waals surface area contributed by atoms with E-state index in [9.17, 15) is 20.1 Å². The molecule has 25 heavy (non-hydrogen) atoms. The summed E-state index contributed by atoms with van der Waals surface area (Å²) in [5, 5.41) is 29.9. The number of hydrogen-bond acceptors (Lipinski definition) is 4. The molecule has 0 bridgehead atoms. The van der Waals surface area contributed by atoms with Crippen molar-refractivity contribution in [2.75, 3.05) is 6.61 Å². The molecule has 4 heteroatoms. The summed E-state index contributed by atoms with van der Waals surface area (Å²) >= 11 is 0. The van der Waals surface area contributed by atoms with Crippen LogP contribution in [0.25, 0.3) is 0 Å². The summed E-state index contributed by atoms with van der Waals surface area (Å²) in [5.74, 6) is 1.98. The highest BCUT2D eigenvalue weighted by Crippen LogP contribution is 2.66. The molecule has 3 N–H and O–H groups in total. The number of Topliss-reactive ketones (excluding diaryl/α,β-unsaturated/α-hetero) is 1. The van der Waals surface area contributed by atoms with Crippen molar-refractivity contribution in [3.63, 3.8) is 0 Å². The third kappa shape index (κ3) is 2.47. The lowest BCUT2D eigenvalue weighted by Crippen LogP contribution is -2.58. The molecule has 9 atom stereocenters. The maximum atomic E-state index is 13.4. The van der Waals surface area contributed by atoms with Gasteiger partial charge in [-0.2, -0.15) is 0 Å². The second-order valence-electron chi connectivity index (χ2n) is 10.0. The summed E-state index contributed by atoms with van der Waals surface area (Å²) in [6.45, 7) is 4.31. The minimum Gasteiger partial charge on any atom is -0.394 e. The number of rotatable bonds is 2. The van der Waals surface area contributed by atoms with Crippen LogP contribution >= 0.6 is 0 Å². The Balaban J connectivity index is 1.65. The zero-order valence-electron chi connectivity index (χ0n) is 15.7. The van der Waals surface area contributed by atoms with Gasteiger partial charge in [0.2, 0.25) is 0 Å². The number of fused-ring (bicyclic) bond motifs is 5. The molecule has 0 amide bonds. The van der Waals surface area contributed by atoms with Gasteiger partial charge in [0.15, 0.2) is 0 Å². The normalized spacial score (nSPS) is 53.7. The largest absolute Gasteiger partial charge is 0.394 e. The first kappa shape index (κ1) is 17.9. The van der Waals surface area contributed by atoms with E-state index in [0.29, 0.717) is 30.0 Å². The first-order chi connectivity index (χ1) is 11.8. The standard InChI is InChI=1S/C21H34O4/c1-20-8-7-13(23)9-12(20)3-4-14-15-5-6-16(18(25)11-22)21(15,2)10-17(24)19(14)20/h12-16,18-19,22-23,25H,3-11H2,1-2H3/t12-,13-,14+,15-,16+,18-,19-,20+,21+/m1/s1. The third-order valence-corrected chi connectivity index (χ3v) is 9.05. The van der Waals surface area contributed by atoms with Crippen LogP contribution in [0.2, 0.25) is 0 Å². The number of hydrogen-bond donors (Lipinski definition) is 3. The maximum absolute atomic E-state index is 13.4. The van der Waals surface area contributed by atoms with Gasteiger partial charge < -0.3 is 15.3 Å². The van der Waals surface area contributed by atoms with Crippen molar-refractivity contribution < 1.29 is 20.1 Å². The molecule has 0 unspecified atom stereocenters. The number of ketones is 1. The van der Waals surface area contributed by atoms with Crippen LogP contribution in [0.5, 0.6) is 0 Å². The predicted molar refractivity (Wildman–Crippen MR) is 94.7 cm³/mol. The molecule has 0 aromatic heterocycles. The van der Waals surface area contributed by atoms with E-state index in [0.717, 1.165) is 44.9 Å². The van der Waals surface area contributed by atoms with E-state index in [1.165, 1.54) is 0 Å². The van der Waals surface area contributed by atoms with E-state index in [2.05, 4.69) is 13.8 Å². The summed E-state index contributed by atoms with van der Waals surface area (Å²) in [6, 6.07) is 0. The van der Waals surface area contributed by atoms with Crippen molar-refractivity contribution in [3.05, 3.63) is 0 Å². The van der Waals surface area contributed by atoms with Crippen molar-refractivity contribution in [2.45, 2.75) is 77.4 Å². The van der Waals surface area contributed by atoms with Crippen LogP contribution in [-0.4, -0.2) is 39.9 Å². The van der Waals surface area contributed by atoms with Gasteiger partial charge in [-0.25, -0.2) is 0 Å². The molecular weight excluding hydrogens is 316 g/mol. The van der Waals surface area contributed by atoms with Crippen LogP contribution in [0.15, 0.2) is 0 Å². The average Bonchev–Trinajstić information content (AvgIpc) is 2.91. The summed E-state index contributed by atoms with van der Waals surface area (Å²) in [5.41, 5.74) is -0.105. The minimum atomic E-state index is -0.698. The molecule has 4 fully saturated rings. The molecule has 0 radical (unpaired) electrons. The average molecular weight is 350 g/mol. The molecule has 4 aliphatic rings. The van der Waals surface area contributed by atoms with Gasteiger partial charge in [0.1, 0.15) is 5.78 Å². The summed E-state index contributed by atoms with van der Waals surface area (Å²) in [6.07, 6.45) is 6.56. The highest BCUT2D eigenvalue weighted by molar-refractivity contribution is 5.84. The Morgan fingerprint density at radius 3 is 2.60 bits per heavy atom. The van der Waals surface area contributed by atoms with Crippen molar-refractivity contribution in [3.8, 4) is 0 Å². The predicted octanol–water partition coefficient (Wildman–Crippen LogP) is 2.54. The number of carbonyl (C=O) groups excluding carboxylic acids is 1. The summed E-state index contributed by atoms with van der Waals surface area (Å²) in [7, 11) is 0. The van der Waals surface area contributed by atoms with Crippen molar-refractivity contribution in [1.29, 1.82) is 0 Å². The van der Waals surface area contributed by atoms with Crippen LogP contribution in [-0.2, 0) is 4.79 Å². The second kappa shape index (κ2) is 6.03. The Labute approximate surface area is 151 Å². The fraction of sp³-hybridized carbons (Fsp3) is 0.952. The quantitative estimate of drug-likeness (QED) is 0.715. The van der Waals surface area contributed by atoms with Gasteiger partial charge in [0.25, 0.3) is 0 Å². The Hall–Kier alpha value is -0.450. The van der Waals surface area contributed by atoms with Gasteiger partial charge in [-0.3, -0.25) is 4.79 Å². The summed E-state index contributed by atoms with van der Waals surface area (Å²) in [4.78, 5) is 13.4. The van der Waals surface area contributed by atoms with Gasteiger partial charge >= 0.3 is 0 Å². The second-order valence-corrected chi connectivity index (χ2v) is 10.0.